The lowest BCUT2D eigenvalue weighted by Gasteiger charge is -2.40. The highest BCUT2D eigenvalue weighted by atomic mass is 32.3. The first kappa shape index (κ1) is 32.3. The minimum absolute atomic E-state index is 0.0289. The molecule has 0 aromatic carbocycles. The van der Waals surface area contributed by atoms with Gasteiger partial charge in [-0.1, -0.05) is 111 Å². The normalized spacial score (nSPS) is 13.9. The molecule has 1 heterocycles. The van der Waals surface area contributed by atoms with E-state index in [2.05, 4.69) is 41.2 Å². The second kappa shape index (κ2) is 20.7. The van der Waals surface area contributed by atoms with Crippen LogP contribution in [-0.4, -0.2) is 49.4 Å². The number of rotatable bonds is 20. The van der Waals surface area contributed by atoms with Gasteiger partial charge in [0.05, 0.1) is 19.5 Å². The average molecular weight is 491 g/mol. The van der Waals surface area contributed by atoms with Crippen molar-refractivity contribution in [3.05, 3.63) is 0 Å². The maximum Gasteiger partial charge on any atom is 0.397 e. The summed E-state index contributed by atoms with van der Waals surface area (Å²) in [5, 5.41) is 0. The van der Waals surface area contributed by atoms with Crippen molar-refractivity contribution in [2.24, 2.45) is 4.99 Å². The van der Waals surface area contributed by atoms with Gasteiger partial charge in [-0.05, 0) is 26.2 Å². The molecular formula is C26H54N2O4S. The van der Waals surface area contributed by atoms with Crippen LogP contribution >= 0.6 is 0 Å². The van der Waals surface area contributed by atoms with E-state index in [4.69, 9.17) is 4.55 Å². The molecule has 1 N–H and O–H groups in total. The van der Waals surface area contributed by atoms with Crippen LogP contribution < -0.4 is 0 Å². The monoisotopic (exact) mass is 490 g/mol. The Morgan fingerprint density at radius 2 is 1.27 bits per heavy atom. The van der Waals surface area contributed by atoms with E-state index in [1.165, 1.54) is 116 Å². The Kier molecular flexibility index (Phi) is 20.3. The van der Waals surface area contributed by atoms with E-state index in [1.807, 2.05) is 0 Å². The van der Waals surface area contributed by atoms with Crippen molar-refractivity contribution >= 4 is 16.7 Å². The number of hydrogen-bond donors (Lipinski definition) is 1. The molecule has 6 nitrogen and oxygen atoms in total. The maximum atomic E-state index is 9.56. The summed E-state index contributed by atoms with van der Waals surface area (Å²) in [6.45, 7) is 10.6. The Morgan fingerprint density at radius 3 is 1.58 bits per heavy atom. The first-order chi connectivity index (χ1) is 15.8. The van der Waals surface area contributed by atoms with Crippen molar-refractivity contribution in [3.8, 4) is 0 Å². The molecule has 0 atom stereocenters. The minimum atomic E-state index is -4.17. The van der Waals surface area contributed by atoms with Crippen LogP contribution in [0.15, 0.2) is 4.99 Å². The molecule has 0 aliphatic carbocycles. The van der Waals surface area contributed by atoms with Gasteiger partial charge < -0.3 is 4.90 Å². The van der Waals surface area contributed by atoms with Crippen molar-refractivity contribution in [3.63, 3.8) is 0 Å². The lowest BCUT2D eigenvalue weighted by atomic mass is 9.85. The molecule has 1 aliphatic heterocycles. The van der Waals surface area contributed by atoms with Crippen molar-refractivity contribution in [2.75, 3.05) is 19.7 Å². The number of unbranched alkanes of at least 4 members (excludes halogenated alkanes) is 13. The second-order valence-corrected chi connectivity index (χ2v) is 10.4. The summed E-state index contributed by atoms with van der Waals surface area (Å²) >= 11 is 0. The third-order valence-electron chi connectivity index (χ3n) is 6.88. The fourth-order valence-corrected chi connectivity index (χ4v) is 4.99. The molecule has 33 heavy (non-hydrogen) atoms. The summed E-state index contributed by atoms with van der Waals surface area (Å²) in [6.07, 6.45) is 26.2. The highest BCUT2D eigenvalue weighted by Crippen LogP contribution is 2.30. The van der Waals surface area contributed by atoms with Gasteiger partial charge in [-0.3, -0.25) is 9.55 Å². The predicted molar refractivity (Wildman–Crippen MR) is 141 cm³/mol. The predicted octanol–water partition coefficient (Wildman–Crippen LogP) is 7.59. The van der Waals surface area contributed by atoms with Crippen LogP contribution in [0, 0.1) is 0 Å². The Labute approximate surface area is 205 Å². The third kappa shape index (κ3) is 17.4. The van der Waals surface area contributed by atoms with Crippen molar-refractivity contribution in [1.82, 2.24) is 4.90 Å². The summed E-state index contributed by atoms with van der Waals surface area (Å²) in [5.41, 5.74) is 0.386. The summed E-state index contributed by atoms with van der Waals surface area (Å²) in [5.74, 6) is 0. The van der Waals surface area contributed by atoms with Crippen LogP contribution in [0.2, 0.25) is 0 Å². The molecule has 7 heteroatoms. The summed E-state index contributed by atoms with van der Waals surface area (Å²) in [4.78, 5) is 6.98. The van der Waals surface area contributed by atoms with Crippen molar-refractivity contribution < 1.29 is 17.2 Å². The largest absolute Gasteiger partial charge is 0.397 e. The molecule has 0 aromatic heterocycles. The number of nitrogens with zero attached hydrogens (tertiary/aromatic N) is 2. The number of hydrogen-bond acceptors (Lipinski definition) is 5. The molecule has 1 aliphatic rings. The molecule has 0 spiro atoms. The number of aliphatic imine (C=N–C) groups is 1. The zero-order valence-corrected chi connectivity index (χ0v) is 23.0. The highest BCUT2D eigenvalue weighted by Gasteiger charge is 2.32. The van der Waals surface area contributed by atoms with Gasteiger partial charge in [-0.15, -0.1) is 0 Å². The minimum Gasteiger partial charge on any atom is -0.355 e. The molecular weight excluding hydrogens is 436 g/mol. The van der Waals surface area contributed by atoms with Crippen LogP contribution in [0.25, 0.3) is 0 Å². The molecule has 0 bridgehead atoms. The van der Waals surface area contributed by atoms with Gasteiger partial charge in [-0.25, -0.2) is 4.18 Å². The lowest BCUT2D eigenvalue weighted by Crippen LogP contribution is -2.46. The van der Waals surface area contributed by atoms with Crippen LogP contribution in [-0.2, 0) is 14.6 Å². The quantitative estimate of drug-likeness (QED) is 0.140. The van der Waals surface area contributed by atoms with E-state index in [1.54, 1.807) is 0 Å². The first-order valence-electron chi connectivity index (χ1n) is 13.7. The molecule has 198 valence electrons. The Balaban J connectivity index is 0.00000126. The van der Waals surface area contributed by atoms with Gasteiger partial charge in [0.1, 0.15) is 0 Å². The third-order valence-corrected chi connectivity index (χ3v) is 7.41. The lowest BCUT2D eigenvalue weighted by molar-refractivity contribution is 0.157. The summed E-state index contributed by atoms with van der Waals surface area (Å²) in [6, 6.07) is 0. The van der Waals surface area contributed by atoms with Gasteiger partial charge in [-0.2, -0.15) is 8.42 Å². The zero-order valence-electron chi connectivity index (χ0n) is 22.2. The van der Waals surface area contributed by atoms with Crippen LogP contribution in [0.1, 0.15) is 137 Å². The molecule has 0 fully saturated rings. The molecule has 0 saturated heterocycles. The molecule has 1 rings (SSSR count). The Hall–Kier alpha value is -0.660. The molecule has 0 radical (unpaired) electrons. The van der Waals surface area contributed by atoms with E-state index in [9.17, 15) is 8.42 Å². The zero-order chi connectivity index (χ0) is 24.8. The Morgan fingerprint density at radius 1 is 0.818 bits per heavy atom. The average Bonchev–Trinajstić information content (AvgIpc) is 3.32. The fraction of sp³-hybridized carbons (Fsp3) is 0.962. The Bertz CT molecular complexity index is 563. The molecule has 0 amide bonds. The fourth-order valence-electron chi connectivity index (χ4n) is 4.69. The van der Waals surface area contributed by atoms with Gasteiger partial charge in [0.15, 0.2) is 0 Å². The topological polar surface area (TPSA) is 79.2 Å². The SMILES string of the molecule is CCCCCCCCCCCCCCCCC(CC)(CC)N1C=NCC1.CCOS(=O)(=O)O. The van der Waals surface area contributed by atoms with Gasteiger partial charge >= 0.3 is 10.4 Å². The molecule has 0 saturated carbocycles. The van der Waals surface area contributed by atoms with E-state index in [0.29, 0.717) is 5.54 Å². The summed E-state index contributed by atoms with van der Waals surface area (Å²) in [7, 11) is -4.17. The second-order valence-electron chi connectivity index (χ2n) is 9.33. The highest BCUT2D eigenvalue weighted by molar-refractivity contribution is 7.80. The summed E-state index contributed by atoms with van der Waals surface area (Å²) < 4.78 is 30.7. The van der Waals surface area contributed by atoms with Gasteiger partial charge in [0, 0.05) is 12.1 Å². The van der Waals surface area contributed by atoms with Gasteiger partial charge in [0.2, 0.25) is 0 Å². The van der Waals surface area contributed by atoms with Crippen LogP contribution in [0.3, 0.4) is 0 Å². The standard InChI is InChI=1S/C24H48N2.C2H6O4S/c1-4-7-8-9-10-11-12-13-14-15-16-17-18-19-20-24(5-2,6-3)26-22-21-25-23-26;1-2-6-7(3,4)5/h23H,4-22H2,1-3H3;2H2,1H3,(H,3,4,5). The molecule has 0 unspecified atom stereocenters. The van der Waals surface area contributed by atoms with E-state index < -0.39 is 10.4 Å². The van der Waals surface area contributed by atoms with Gasteiger partial charge in [0.25, 0.3) is 0 Å². The van der Waals surface area contributed by atoms with E-state index in [-0.39, 0.29) is 6.61 Å². The van der Waals surface area contributed by atoms with Crippen LogP contribution in [0.4, 0.5) is 0 Å². The van der Waals surface area contributed by atoms with Crippen molar-refractivity contribution in [2.45, 2.75) is 142 Å². The maximum absolute atomic E-state index is 9.56. The molecule has 0 aromatic rings. The van der Waals surface area contributed by atoms with Crippen molar-refractivity contribution in [1.29, 1.82) is 0 Å². The van der Waals surface area contributed by atoms with Crippen LogP contribution in [0.5, 0.6) is 0 Å². The van der Waals surface area contributed by atoms with E-state index >= 15 is 0 Å². The first-order valence-corrected chi connectivity index (χ1v) is 15.1. The smallest absolute Gasteiger partial charge is 0.355 e. The van der Waals surface area contributed by atoms with E-state index in [0.717, 1.165) is 13.1 Å².